The van der Waals surface area contributed by atoms with Crippen molar-refractivity contribution >= 4 is 53.5 Å². The molecular formula is C17H17Br2NO5S. The van der Waals surface area contributed by atoms with E-state index in [1.54, 1.807) is 37.3 Å². The third-order valence-electron chi connectivity index (χ3n) is 3.38. The quantitative estimate of drug-likeness (QED) is 0.560. The highest BCUT2D eigenvalue weighted by atomic mass is 79.9. The van der Waals surface area contributed by atoms with Gasteiger partial charge in [0.25, 0.3) is 0 Å². The number of rotatable bonds is 8. The van der Waals surface area contributed by atoms with Crippen molar-refractivity contribution < 1.29 is 23.1 Å². The van der Waals surface area contributed by atoms with Gasteiger partial charge >= 0.3 is 5.97 Å². The van der Waals surface area contributed by atoms with Crippen LogP contribution in [0.25, 0.3) is 0 Å². The Bertz CT molecular complexity index is 892. The minimum absolute atomic E-state index is 0.00366. The summed E-state index contributed by atoms with van der Waals surface area (Å²) in [6, 6.07) is 10.3. The molecule has 0 aliphatic rings. The van der Waals surface area contributed by atoms with E-state index in [2.05, 4.69) is 36.6 Å². The van der Waals surface area contributed by atoms with Gasteiger partial charge in [-0.3, -0.25) is 9.52 Å². The van der Waals surface area contributed by atoms with Gasteiger partial charge in [0.1, 0.15) is 12.4 Å². The maximum Gasteiger partial charge on any atom is 0.307 e. The van der Waals surface area contributed by atoms with E-state index in [9.17, 15) is 13.2 Å². The van der Waals surface area contributed by atoms with Crippen LogP contribution in [-0.4, -0.2) is 25.2 Å². The molecule has 0 aliphatic carbocycles. The molecule has 0 saturated heterocycles. The van der Waals surface area contributed by atoms with Gasteiger partial charge in [-0.25, -0.2) is 8.42 Å². The van der Waals surface area contributed by atoms with Crippen molar-refractivity contribution in [3.8, 4) is 5.75 Å². The lowest BCUT2D eigenvalue weighted by molar-refractivity contribution is -0.136. The number of nitrogens with one attached hydrogen (secondary N) is 1. The third-order valence-corrected chi connectivity index (χ3v) is 5.86. The second-order valence-electron chi connectivity index (χ2n) is 5.45. The number of ether oxygens (including phenoxy) is 1. The van der Waals surface area contributed by atoms with E-state index in [1.165, 1.54) is 0 Å². The molecule has 0 aliphatic heterocycles. The standard InChI is InChI=1S/C17H17Br2NO5S/c1-2-26(23,24)20-13-5-3-4-11(6-13)10-25-17-14(18)7-12(8-15(17)19)9-16(21)22/h3-8,20H,2,9-10H2,1H3,(H,21,22). The lowest BCUT2D eigenvalue weighted by atomic mass is 10.1. The molecule has 2 rings (SSSR count). The van der Waals surface area contributed by atoms with Crippen molar-refractivity contribution in [3.05, 3.63) is 56.5 Å². The number of carboxylic acids is 1. The van der Waals surface area contributed by atoms with Crippen molar-refractivity contribution in [2.24, 2.45) is 0 Å². The van der Waals surface area contributed by atoms with Crippen LogP contribution in [0.1, 0.15) is 18.1 Å². The maximum absolute atomic E-state index is 11.7. The van der Waals surface area contributed by atoms with Crippen molar-refractivity contribution in [2.45, 2.75) is 20.0 Å². The fraction of sp³-hybridized carbons (Fsp3) is 0.235. The van der Waals surface area contributed by atoms with Crippen LogP contribution in [0.4, 0.5) is 5.69 Å². The number of hydrogen-bond donors (Lipinski definition) is 2. The predicted molar refractivity (Wildman–Crippen MR) is 107 cm³/mol. The molecule has 2 aromatic carbocycles. The average Bonchev–Trinajstić information content (AvgIpc) is 2.53. The first-order chi connectivity index (χ1) is 12.2. The second kappa shape index (κ2) is 8.88. The molecule has 2 N–H and O–H groups in total. The number of carboxylic acid groups (broad SMARTS) is 1. The Kier molecular flexibility index (Phi) is 7.08. The monoisotopic (exact) mass is 505 g/mol. The fourth-order valence-electron chi connectivity index (χ4n) is 2.16. The van der Waals surface area contributed by atoms with Crippen LogP contribution >= 0.6 is 31.9 Å². The molecule has 0 fully saturated rings. The van der Waals surface area contributed by atoms with E-state index in [0.29, 0.717) is 25.9 Å². The minimum atomic E-state index is -3.34. The highest BCUT2D eigenvalue weighted by molar-refractivity contribution is 9.11. The largest absolute Gasteiger partial charge is 0.487 e. The zero-order valence-electron chi connectivity index (χ0n) is 13.8. The molecule has 0 spiro atoms. The van der Waals surface area contributed by atoms with Crippen LogP contribution in [0.3, 0.4) is 0 Å². The summed E-state index contributed by atoms with van der Waals surface area (Å²) in [4.78, 5) is 10.8. The maximum atomic E-state index is 11.7. The molecule has 6 nitrogen and oxygen atoms in total. The lowest BCUT2D eigenvalue weighted by Gasteiger charge is -2.13. The molecule has 0 amide bonds. The van der Waals surface area contributed by atoms with E-state index >= 15 is 0 Å². The molecule has 0 atom stereocenters. The first kappa shape index (κ1) is 20.7. The highest BCUT2D eigenvalue weighted by Gasteiger charge is 2.12. The molecule has 0 unspecified atom stereocenters. The highest BCUT2D eigenvalue weighted by Crippen LogP contribution is 2.35. The van der Waals surface area contributed by atoms with Gasteiger partial charge < -0.3 is 9.84 Å². The topological polar surface area (TPSA) is 92.7 Å². The van der Waals surface area contributed by atoms with Crippen molar-refractivity contribution in [1.29, 1.82) is 0 Å². The Morgan fingerprint density at radius 2 is 1.81 bits per heavy atom. The molecule has 0 bridgehead atoms. The zero-order chi connectivity index (χ0) is 19.3. The number of anilines is 1. The summed E-state index contributed by atoms with van der Waals surface area (Å²) >= 11 is 6.77. The van der Waals surface area contributed by atoms with Gasteiger partial charge in [-0.1, -0.05) is 12.1 Å². The van der Waals surface area contributed by atoms with E-state index in [1.807, 2.05) is 6.07 Å². The molecule has 26 heavy (non-hydrogen) atoms. The van der Waals surface area contributed by atoms with Gasteiger partial charge in [0.2, 0.25) is 10.0 Å². The first-order valence-corrected chi connectivity index (χ1v) is 10.9. The number of halogens is 2. The minimum Gasteiger partial charge on any atom is -0.487 e. The molecule has 0 aromatic heterocycles. The summed E-state index contributed by atoms with van der Waals surface area (Å²) in [5.74, 6) is -0.376. The number of benzene rings is 2. The molecule has 140 valence electrons. The SMILES string of the molecule is CCS(=O)(=O)Nc1cccc(COc2c(Br)cc(CC(=O)O)cc2Br)c1. The van der Waals surface area contributed by atoms with E-state index in [0.717, 1.165) is 5.56 Å². The van der Waals surface area contributed by atoms with Crippen molar-refractivity contribution in [2.75, 3.05) is 10.5 Å². The second-order valence-corrected chi connectivity index (χ2v) is 9.17. The Labute approximate surface area is 168 Å². The molecule has 0 saturated carbocycles. The summed E-state index contributed by atoms with van der Waals surface area (Å²) in [6.07, 6.45) is -0.0862. The van der Waals surface area contributed by atoms with Crippen molar-refractivity contribution in [1.82, 2.24) is 0 Å². The smallest absolute Gasteiger partial charge is 0.307 e. The Morgan fingerprint density at radius 3 is 2.38 bits per heavy atom. The van der Waals surface area contributed by atoms with Gasteiger partial charge in [0, 0.05) is 5.69 Å². The fourth-order valence-corrected chi connectivity index (χ4v) is 4.30. The van der Waals surface area contributed by atoms with Gasteiger partial charge in [0.15, 0.2) is 0 Å². The van der Waals surface area contributed by atoms with Crippen LogP contribution in [-0.2, 0) is 27.8 Å². The molecular weight excluding hydrogens is 490 g/mol. The predicted octanol–water partition coefficient (Wildman–Crippen LogP) is 4.18. The molecule has 2 aromatic rings. The summed E-state index contributed by atoms with van der Waals surface area (Å²) in [6.45, 7) is 1.79. The average molecular weight is 507 g/mol. The molecule has 0 heterocycles. The number of hydrogen-bond acceptors (Lipinski definition) is 4. The number of aliphatic carboxylic acids is 1. The number of sulfonamides is 1. The van der Waals surface area contributed by atoms with E-state index in [-0.39, 0.29) is 18.8 Å². The molecule has 9 heteroatoms. The zero-order valence-corrected chi connectivity index (χ0v) is 17.8. The van der Waals surface area contributed by atoms with Gasteiger partial charge in [-0.05, 0) is 74.2 Å². The van der Waals surface area contributed by atoms with Crippen LogP contribution in [0.5, 0.6) is 5.75 Å². The summed E-state index contributed by atoms with van der Waals surface area (Å²) in [5.41, 5.74) is 1.90. The van der Waals surface area contributed by atoms with E-state index < -0.39 is 16.0 Å². The summed E-state index contributed by atoms with van der Waals surface area (Å²) in [5, 5.41) is 8.88. The van der Waals surface area contributed by atoms with Gasteiger partial charge in [-0.15, -0.1) is 0 Å². The Morgan fingerprint density at radius 1 is 1.15 bits per heavy atom. The van der Waals surface area contributed by atoms with Crippen LogP contribution in [0.15, 0.2) is 45.3 Å². The van der Waals surface area contributed by atoms with Crippen molar-refractivity contribution in [3.63, 3.8) is 0 Å². The Hall–Kier alpha value is -1.58. The summed E-state index contributed by atoms with van der Waals surface area (Å²) < 4.78 is 32.9. The van der Waals surface area contributed by atoms with E-state index in [4.69, 9.17) is 9.84 Å². The van der Waals surface area contributed by atoms with Gasteiger partial charge in [-0.2, -0.15) is 0 Å². The van der Waals surface area contributed by atoms with Crippen LogP contribution < -0.4 is 9.46 Å². The van der Waals surface area contributed by atoms with Crippen LogP contribution in [0.2, 0.25) is 0 Å². The first-order valence-electron chi connectivity index (χ1n) is 7.62. The lowest BCUT2D eigenvalue weighted by Crippen LogP contribution is -2.14. The molecule has 0 radical (unpaired) electrons. The van der Waals surface area contributed by atoms with Crippen LogP contribution in [0, 0.1) is 0 Å². The summed E-state index contributed by atoms with van der Waals surface area (Å²) in [7, 11) is -3.34. The Balaban J connectivity index is 2.13. The number of carbonyl (C=O) groups is 1. The third kappa shape index (κ3) is 6.00. The normalized spacial score (nSPS) is 11.2. The van der Waals surface area contributed by atoms with Gasteiger partial charge in [0.05, 0.1) is 21.1 Å².